The van der Waals surface area contributed by atoms with Gasteiger partial charge in [-0.15, -0.1) is 0 Å². The summed E-state index contributed by atoms with van der Waals surface area (Å²) in [5.41, 5.74) is 0.950. The van der Waals surface area contributed by atoms with Crippen LogP contribution in [0.3, 0.4) is 0 Å². The lowest BCUT2D eigenvalue weighted by Gasteiger charge is -2.04. The quantitative estimate of drug-likeness (QED) is 0.730. The third-order valence-corrected chi connectivity index (χ3v) is 3.13. The summed E-state index contributed by atoms with van der Waals surface area (Å²) >= 11 is 5.95. The second-order valence-electron chi connectivity index (χ2n) is 4.19. The number of benzene rings is 1. The minimum absolute atomic E-state index is 0.189. The van der Waals surface area contributed by atoms with Gasteiger partial charge in [-0.2, -0.15) is 4.98 Å². The van der Waals surface area contributed by atoms with Crippen LogP contribution in [0.25, 0.3) is 11.6 Å². The second kappa shape index (κ2) is 5.38. The lowest BCUT2D eigenvalue weighted by molar-refractivity contribution is 0.243. The van der Waals surface area contributed by atoms with Gasteiger partial charge in [0.25, 0.3) is 5.89 Å². The van der Waals surface area contributed by atoms with E-state index < -0.39 is 0 Å². The van der Waals surface area contributed by atoms with E-state index in [1.165, 1.54) is 0 Å². The van der Waals surface area contributed by atoms with Crippen molar-refractivity contribution < 1.29 is 13.7 Å². The smallest absolute Gasteiger partial charge is 0.264 e. The van der Waals surface area contributed by atoms with Gasteiger partial charge in [0.1, 0.15) is 5.75 Å². The Kier molecular flexibility index (Phi) is 3.43. The molecule has 3 aromatic rings. The largest absolute Gasteiger partial charge is 0.484 e. The number of aryl methyl sites for hydroxylation is 1. The Morgan fingerprint density at radius 1 is 1.30 bits per heavy atom. The molecule has 0 unspecified atom stereocenters. The summed E-state index contributed by atoms with van der Waals surface area (Å²) in [7, 11) is 0. The van der Waals surface area contributed by atoms with Crippen molar-refractivity contribution in [2.24, 2.45) is 0 Å². The van der Waals surface area contributed by atoms with Crippen LogP contribution in [0.4, 0.5) is 0 Å². The average Bonchev–Trinajstić information content (AvgIpc) is 3.09. The van der Waals surface area contributed by atoms with Crippen molar-refractivity contribution in [2.45, 2.75) is 13.5 Å². The number of hydrogen-bond donors (Lipinski definition) is 0. The van der Waals surface area contributed by atoms with Crippen LogP contribution in [0.2, 0.25) is 5.02 Å². The Morgan fingerprint density at radius 3 is 2.95 bits per heavy atom. The molecule has 0 aliphatic rings. The summed E-state index contributed by atoms with van der Waals surface area (Å²) in [6.07, 6.45) is 1.55. The number of nitrogens with zero attached hydrogens (tertiary/aromatic N) is 2. The molecule has 0 aliphatic carbocycles. The number of hydrogen-bond acceptors (Lipinski definition) is 5. The molecule has 0 spiro atoms. The highest BCUT2D eigenvalue weighted by molar-refractivity contribution is 6.31. The van der Waals surface area contributed by atoms with E-state index in [1.807, 2.05) is 13.0 Å². The number of rotatable bonds is 4. The number of furan rings is 1. The van der Waals surface area contributed by atoms with E-state index in [-0.39, 0.29) is 6.61 Å². The van der Waals surface area contributed by atoms with Gasteiger partial charge in [-0.25, -0.2) is 0 Å². The fourth-order valence-electron chi connectivity index (χ4n) is 1.67. The van der Waals surface area contributed by atoms with Gasteiger partial charge in [0.05, 0.1) is 6.26 Å². The molecular weight excluding hydrogens is 280 g/mol. The summed E-state index contributed by atoms with van der Waals surface area (Å²) in [6.45, 7) is 2.10. The highest BCUT2D eigenvalue weighted by Gasteiger charge is 2.11. The van der Waals surface area contributed by atoms with Crippen LogP contribution < -0.4 is 4.74 Å². The fourth-order valence-corrected chi connectivity index (χ4v) is 1.79. The molecular formula is C14H11ClN2O3. The first-order valence-corrected chi connectivity index (χ1v) is 6.35. The molecule has 1 aromatic carbocycles. The Hall–Kier alpha value is -2.27. The molecule has 6 heteroatoms. The first-order valence-electron chi connectivity index (χ1n) is 5.98. The zero-order chi connectivity index (χ0) is 13.9. The van der Waals surface area contributed by atoms with Crippen molar-refractivity contribution in [3.63, 3.8) is 0 Å². The van der Waals surface area contributed by atoms with Crippen LogP contribution in [0.5, 0.6) is 5.75 Å². The minimum atomic E-state index is 0.189. The third-order valence-electron chi connectivity index (χ3n) is 2.70. The Bertz CT molecular complexity index is 707. The zero-order valence-corrected chi connectivity index (χ0v) is 11.4. The van der Waals surface area contributed by atoms with Gasteiger partial charge in [-0.05, 0) is 42.8 Å². The molecule has 2 aromatic heterocycles. The van der Waals surface area contributed by atoms with E-state index in [0.717, 1.165) is 5.56 Å². The number of halogens is 1. The first kappa shape index (κ1) is 12.7. The summed E-state index contributed by atoms with van der Waals surface area (Å²) in [6, 6.07) is 8.95. The minimum Gasteiger partial charge on any atom is -0.484 e. The average molecular weight is 291 g/mol. The van der Waals surface area contributed by atoms with Gasteiger partial charge in [0.2, 0.25) is 5.82 Å². The normalized spacial score (nSPS) is 10.7. The molecule has 0 atom stereocenters. The van der Waals surface area contributed by atoms with E-state index >= 15 is 0 Å². The lowest BCUT2D eigenvalue weighted by Crippen LogP contribution is -1.96. The van der Waals surface area contributed by atoms with Crippen molar-refractivity contribution in [1.29, 1.82) is 0 Å². The molecule has 0 fully saturated rings. The zero-order valence-electron chi connectivity index (χ0n) is 10.7. The maximum absolute atomic E-state index is 5.95. The molecule has 20 heavy (non-hydrogen) atoms. The predicted octanol–water partition coefficient (Wildman–Crippen LogP) is 3.87. The van der Waals surface area contributed by atoms with Gasteiger partial charge < -0.3 is 13.7 Å². The van der Waals surface area contributed by atoms with Crippen molar-refractivity contribution in [3.8, 4) is 17.3 Å². The van der Waals surface area contributed by atoms with E-state index in [2.05, 4.69) is 10.1 Å². The van der Waals surface area contributed by atoms with Crippen molar-refractivity contribution >= 4 is 11.6 Å². The Balaban J connectivity index is 1.68. The molecule has 0 bridgehead atoms. The molecule has 0 radical (unpaired) electrons. The highest BCUT2D eigenvalue weighted by atomic mass is 35.5. The van der Waals surface area contributed by atoms with E-state index in [1.54, 1.807) is 30.5 Å². The standard InChI is InChI=1S/C14H11ClN2O3/c1-9-7-10(4-5-11(9)15)19-8-13-16-14(17-20-13)12-3-2-6-18-12/h2-7H,8H2,1H3. The summed E-state index contributed by atoms with van der Waals surface area (Å²) < 4.78 is 15.8. The summed E-state index contributed by atoms with van der Waals surface area (Å²) in [5.74, 6) is 2.04. The van der Waals surface area contributed by atoms with Crippen LogP contribution in [0.1, 0.15) is 11.5 Å². The molecule has 0 N–H and O–H groups in total. The Morgan fingerprint density at radius 2 is 2.20 bits per heavy atom. The van der Waals surface area contributed by atoms with Crippen LogP contribution in [-0.2, 0) is 6.61 Å². The van der Waals surface area contributed by atoms with Crippen LogP contribution in [0.15, 0.2) is 45.5 Å². The highest BCUT2D eigenvalue weighted by Crippen LogP contribution is 2.22. The fraction of sp³-hybridized carbons (Fsp3) is 0.143. The van der Waals surface area contributed by atoms with Crippen molar-refractivity contribution in [1.82, 2.24) is 10.1 Å². The second-order valence-corrected chi connectivity index (χ2v) is 4.60. The topological polar surface area (TPSA) is 61.3 Å². The molecule has 3 rings (SSSR count). The van der Waals surface area contributed by atoms with Gasteiger partial charge in [0.15, 0.2) is 12.4 Å². The van der Waals surface area contributed by atoms with Crippen molar-refractivity contribution in [2.75, 3.05) is 0 Å². The van der Waals surface area contributed by atoms with Crippen LogP contribution in [0, 0.1) is 6.92 Å². The van der Waals surface area contributed by atoms with Crippen LogP contribution in [-0.4, -0.2) is 10.1 Å². The molecule has 0 saturated carbocycles. The Labute approximate surface area is 120 Å². The molecule has 0 saturated heterocycles. The van der Waals surface area contributed by atoms with E-state index in [0.29, 0.717) is 28.2 Å². The van der Waals surface area contributed by atoms with Gasteiger partial charge in [-0.3, -0.25) is 0 Å². The van der Waals surface area contributed by atoms with E-state index in [4.69, 9.17) is 25.3 Å². The summed E-state index contributed by atoms with van der Waals surface area (Å²) in [4.78, 5) is 4.19. The third kappa shape index (κ3) is 2.67. The van der Waals surface area contributed by atoms with Gasteiger partial charge in [-0.1, -0.05) is 16.8 Å². The van der Waals surface area contributed by atoms with Gasteiger partial charge in [0, 0.05) is 5.02 Å². The molecule has 0 aliphatic heterocycles. The molecule has 0 amide bonds. The monoisotopic (exact) mass is 290 g/mol. The lowest BCUT2D eigenvalue weighted by atomic mass is 10.2. The molecule has 102 valence electrons. The summed E-state index contributed by atoms with van der Waals surface area (Å²) in [5, 5.41) is 4.53. The van der Waals surface area contributed by atoms with E-state index in [9.17, 15) is 0 Å². The number of ether oxygens (including phenoxy) is 1. The predicted molar refractivity (Wildman–Crippen MR) is 72.5 cm³/mol. The first-order chi connectivity index (χ1) is 9.72. The molecule has 5 nitrogen and oxygen atoms in total. The molecule has 2 heterocycles. The van der Waals surface area contributed by atoms with Crippen molar-refractivity contribution in [3.05, 3.63) is 53.1 Å². The number of aromatic nitrogens is 2. The maximum Gasteiger partial charge on any atom is 0.264 e. The SMILES string of the molecule is Cc1cc(OCc2nc(-c3ccco3)no2)ccc1Cl. The maximum atomic E-state index is 5.95. The van der Waals surface area contributed by atoms with Crippen LogP contribution >= 0.6 is 11.6 Å². The van der Waals surface area contributed by atoms with Gasteiger partial charge >= 0.3 is 0 Å².